The number of hydrogen-bond acceptors (Lipinski definition) is 3. The molecule has 0 spiro atoms. The van der Waals surface area contributed by atoms with E-state index in [1.807, 2.05) is 6.07 Å². The van der Waals surface area contributed by atoms with Crippen molar-refractivity contribution in [1.29, 1.82) is 0 Å². The predicted molar refractivity (Wildman–Crippen MR) is 85.1 cm³/mol. The fraction of sp³-hybridized carbons (Fsp3) is 0.647. The summed E-state index contributed by atoms with van der Waals surface area (Å²) >= 11 is 0. The zero-order chi connectivity index (χ0) is 14.6. The van der Waals surface area contributed by atoms with E-state index in [1.165, 1.54) is 17.5 Å². The Hall–Kier alpha value is -1.06. The minimum Gasteiger partial charge on any atom is -0.399 e. The highest BCUT2D eigenvalue weighted by atomic mass is 16.5. The SMILES string of the molecule is CC(C)(C)c1ccc(N)cc1CCCN1CCOCC1. The number of benzene rings is 1. The van der Waals surface area contributed by atoms with Gasteiger partial charge in [0.15, 0.2) is 0 Å². The van der Waals surface area contributed by atoms with Crippen molar-refractivity contribution in [2.45, 2.75) is 39.0 Å². The van der Waals surface area contributed by atoms with Gasteiger partial charge in [-0.2, -0.15) is 0 Å². The zero-order valence-electron chi connectivity index (χ0n) is 13.1. The van der Waals surface area contributed by atoms with Gasteiger partial charge in [0.05, 0.1) is 13.2 Å². The molecule has 1 aromatic rings. The molecular weight excluding hydrogens is 248 g/mol. The molecule has 112 valence electrons. The van der Waals surface area contributed by atoms with Crippen LogP contribution in [0.25, 0.3) is 0 Å². The van der Waals surface area contributed by atoms with E-state index in [-0.39, 0.29) is 5.41 Å². The first-order chi connectivity index (χ1) is 9.47. The molecule has 3 heteroatoms. The molecule has 1 fully saturated rings. The lowest BCUT2D eigenvalue weighted by molar-refractivity contribution is 0.0374. The smallest absolute Gasteiger partial charge is 0.0594 e. The Bertz CT molecular complexity index is 431. The lowest BCUT2D eigenvalue weighted by Gasteiger charge is -2.27. The van der Waals surface area contributed by atoms with Gasteiger partial charge in [-0.05, 0) is 48.1 Å². The largest absolute Gasteiger partial charge is 0.399 e. The number of ether oxygens (including phenoxy) is 1. The number of nitrogens with zero attached hydrogens (tertiary/aromatic N) is 1. The highest BCUT2D eigenvalue weighted by Crippen LogP contribution is 2.28. The molecule has 0 radical (unpaired) electrons. The Kier molecular flexibility index (Phi) is 5.06. The summed E-state index contributed by atoms with van der Waals surface area (Å²) in [7, 11) is 0. The molecule has 2 N–H and O–H groups in total. The zero-order valence-corrected chi connectivity index (χ0v) is 13.1. The van der Waals surface area contributed by atoms with E-state index in [2.05, 4.69) is 37.8 Å². The third kappa shape index (κ3) is 4.22. The number of anilines is 1. The Morgan fingerprint density at radius 2 is 1.90 bits per heavy atom. The molecule has 0 aliphatic carbocycles. The average Bonchev–Trinajstić information content (AvgIpc) is 2.38. The summed E-state index contributed by atoms with van der Waals surface area (Å²) in [6.45, 7) is 11.9. The van der Waals surface area contributed by atoms with Crippen molar-refractivity contribution < 1.29 is 4.74 Å². The van der Waals surface area contributed by atoms with Crippen LogP contribution in [0.3, 0.4) is 0 Å². The normalized spacial score (nSPS) is 17.4. The summed E-state index contributed by atoms with van der Waals surface area (Å²) in [5.74, 6) is 0. The predicted octanol–water partition coefficient (Wildman–Crippen LogP) is 2.83. The summed E-state index contributed by atoms with van der Waals surface area (Å²) in [4.78, 5) is 2.49. The number of hydrogen-bond donors (Lipinski definition) is 1. The Labute approximate surface area is 123 Å². The molecule has 0 atom stereocenters. The number of aryl methyl sites for hydroxylation is 1. The average molecular weight is 276 g/mol. The molecule has 0 bridgehead atoms. The molecule has 1 aromatic carbocycles. The third-order valence-electron chi connectivity index (χ3n) is 3.96. The third-order valence-corrected chi connectivity index (χ3v) is 3.96. The quantitative estimate of drug-likeness (QED) is 0.859. The molecule has 0 amide bonds. The molecule has 2 rings (SSSR count). The summed E-state index contributed by atoms with van der Waals surface area (Å²) in [5.41, 5.74) is 9.85. The lowest BCUT2D eigenvalue weighted by Crippen LogP contribution is -2.37. The Morgan fingerprint density at radius 1 is 1.20 bits per heavy atom. The fourth-order valence-electron chi connectivity index (χ4n) is 2.87. The van der Waals surface area contributed by atoms with Crippen LogP contribution in [0, 0.1) is 0 Å². The van der Waals surface area contributed by atoms with Crippen molar-refractivity contribution in [3.63, 3.8) is 0 Å². The van der Waals surface area contributed by atoms with Gasteiger partial charge in [-0.3, -0.25) is 4.90 Å². The van der Waals surface area contributed by atoms with Crippen molar-refractivity contribution in [2.24, 2.45) is 0 Å². The first-order valence-corrected chi connectivity index (χ1v) is 7.66. The number of rotatable bonds is 4. The minimum atomic E-state index is 0.183. The highest BCUT2D eigenvalue weighted by molar-refractivity contribution is 5.47. The molecular formula is C17H28N2O. The lowest BCUT2D eigenvalue weighted by atomic mass is 9.82. The van der Waals surface area contributed by atoms with E-state index in [4.69, 9.17) is 10.5 Å². The second-order valence-corrected chi connectivity index (χ2v) is 6.72. The van der Waals surface area contributed by atoms with E-state index < -0.39 is 0 Å². The number of morpholine rings is 1. The monoisotopic (exact) mass is 276 g/mol. The van der Waals surface area contributed by atoms with Crippen LogP contribution in [0.1, 0.15) is 38.3 Å². The second kappa shape index (κ2) is 6.59. The van der Waals surface area contributed by atoms with Crippen molar-refractivity contribution >= 4 is 5.69 Å². The first-order valence-electron chi connectivity index (χ1n) is 7.66. The van der Waals surface area contributed by atoms with E-state index in [0.717, 1.165) is 45.0 Å². The molecule has 0 unspecified atom stereocenters. The molecule has 20 heavy (non-hydrogen) atoms. The van der Waals surface area contributed by atoms with Gasteiger partial charge in [0.25, 0.3) is 0 Å². The highest BCUT2D eigenvalue weighted by Gasteiger charge is 2.18. The number of nitrogens with two attached hydrogens (primary N) is 1. The standard InChI is InChI=1S/C17H28N2O/c1-17(2,3)16-7-6-15(18)13-14(16)5-4-8-19-9-11-20-12-10-19/h6-7,13H,4-5,8-12,18H2,1-3H3. The van der Waals surface area contributed by atoms with Gasteiger partial charge in [0.2, 0.25) is 0 Å². The minimum absolute atomic E-state index is 0.183. The van der Waals surface area contributed by atoms with Gasteiger partial charge in [-0.15, -0.1) is 0 Å². The summed E-state index contributed by atoms with van der Waals surface area (Å²) in [6, 6.07) is 6.37. The maximum Gasteiger partial charge on any atom is 0.0594 e. The van der Waals surface area contributed by atoms with Gasteiger partial charge in [0.1, 0.15) is 0 Å². The van der Waals surface area contributed by atoms with Crippen molar-refractivity contribution in [2.75, 3.05) is 38.6 Å². The van der Waals surface area contributed by atoms with Crippen LogP contribution >= 0.6 is 0 Å². The van der Waals surface area contributed by atoms with Gasteiger partial charge < -0.3 is 10.5 Å². The molecule has 0 saturated carbocycles. The van der Waals surface area contributed by atoms with E-state index in [1.54, 1.807) is 0 Å². The van der Waals surface area contributed by atoms with Gasteiger partial charge >= 0.3 is 0 Å². The van der Waals surface area contributed by atoms with Crippen molar-refractivity contribution in [3.05, 3.63) is 29.3 Å². The first kappa shape index (κ1) is 15.3. The molecule has 1 aliphatic rings. The molecule has 1 saturated heterocycles. The molecule has 0 aromatic heterocycles. The van der Waals surface area contributed by atoms with Crippen LogP contribution < -0.4 is 5.73 Å². The summed E-state index contributed by atoms with van der Waals surface area (Å²) < 4.78 is 5.39. The fourth-order valence-corrected chi connectivity index (χ4v) is 2.87. The Morgan fingerprint density at radius 3 is 2.55 bits per heavy atom. The maximum atomic E-state index is 5.96. The van der Waals surface area contributed by atoms with Gasteiger partial charge in [0, 0.05) is 18.8 Å². The molecule has 3 nitrogen and oxygen atoms in total. The van der Waals surface area contributed by atoms with E-state index in [0.29, 0.717) is 0 Å². The van der Waals surface area contributed by atoms with Crippen LogP contribution in [0.15, 0.2) is 18.2 Å². The van der Waals surface area contributed by atoms with Crippen LogP contribution in [0.5, 0.6) is 0 Å². The van der Waals surface area contributed by atoms with E-state index in [9.17, 15) is 0 Å². The van der Waals surface area contributed by atoms with Crippen molar-refractivity contribution in [3.8, 4) is 0 Å². The second-order valence-electron chi connectivity index (χ2n) is 6.72. The molecule has 1 aliphatic heterocycles. The van der Waals surface area contributed by atoms with Gasteiger partial charge in [-0.1, -0.05) is 26.8 Å². The molecule has 1 heterocycles. The van der Waals surface area contributed by atoms with Crippen LogP contribution in [-0.4, -0.2) is 37.7 Å². The summed E-state index contributed by atoms with van der Waals surface area (Å²) in [6.07, 6.45) is 2.29. The maximum absolute atomic E-state index is 5.96. The topological polar surface area (TPSA) is 38.5 Å². The van der Waals surface area contributed by atoms with Crippen LogP contribution in [0.4, 0.5) is 5.69 Å². The van der Waals surface area contributed by atoms with Crippen LogP contribution in [-0.2, 0) is 16.6 Å². The number of nitrogen functional groups attached to an aromatic ring is 1. The van der Waals surface area contributed by atoms with Gasteiger partial charge in [-0.25, -0.2) is 0 Å². The van der Waals surface area contributed by atoms with Crippen molar-refractivity contribution in [1.82, 2.24) is 4.90 Å². The van der Waals surface area contributed by atoms with Crippen LogP contribution in [0.2, 0.25) is 0 Å². The summed E-state index contributed by atoms with van der Waals surface area (Å²) in [5, 5.41) is 0. The Balaban J connectivity index is 1.95. The van der Waals surface area contributed by atoms with E-state index >= 15 is 0 Å².